The van der Waals surface area contributed by atoms with Crippen LogP contribution in [0.3, 0.4) is 0 Å². The van der Waals surface area contributed by atoms with Gasteiger partial charge < -0.3 is 10.6 Å². The van der Waals surface area contributed by atoms with Gasteiger partial charge >= 0.3 is 0 Å². The number of carbonyl (C=O) groups excluding carboxylic acids is 2. The van der Waals surface area contributed by atoms with Gasteiger partial charge in [-0.05, 0) is 45.4 Å². The average Bonchev–Trinajstić information content (AvgIpc) is 2.54. The van der Waals surface area contributed by atoms with Crippen LogP contribution in [0.1, 0.15) is 35.2 Å². The summed E-state index contributed by atoms with van der Waals surface area (Å²) in [5.74, 6) is -1.05. The lowest BCUT2D eigenvalue weighted by Gasteiger charge is -2.35. The van der Waals surface area contributed by atoms with Crippen molar-refractivity contribution >= 4 is 11.8 Å². The Morgan fingerprint density at radius 3 is 2.45 bits per heavy atom. The van der Waals surface area contributed by atoms with E-state index >= 15 is 0 Å². The second-order valence-electron chi connectivity index (χ2n) is 5.83. The fourth-order valence-corrected chi connectivity index (χ4v) is 2.95. The Balaban J connectivity index is 2.09. The van der Waals surface area contributed by atoms with Crippen molar-refractivity contribution < 1.29 is 14.8 Å². The summed E-state index contributed by atoms with van der Waals surface area (Å²) in [4.78, 5) is 24.2. The Morgan fingerprint density at radius 2 is 1.86 bits per heavy atom. The zero-order valence-electron chi connectivity index (χ0n) is 12.9. The Kier molecular flexibility index (Phi) is 5.51. The van der Waals surface area contributed by atoms with Gasteiger partial charge in [0.1, 0.15) is 0 Å². The summed E-state index contributed by atoms with van der Waals surface area (Å²) in [7, 11) is 1.87. The van der Waals surface area contributed by atoms with Crippen LogP contribution in [0.25, 0.3) is 0 Å². The number of benzene rings is 1. The molecule has 2 amide bonds. The highest BCUT2D eigenvalue weighted by Crippen LogP contribution is 2.25. The predicted octanol–water partition coefficient (Wildman–Crippen LogP) is 0.987. The van der Waals surface area contributed by atoms with Crippen molar-refractivity contribution in [3.63, 3.8) is 0 Å². The molecule has 1 saturated carbocycles. The molecule has 22 heavy (non-hydrogen) atoms. The van der Waals surface area contributed by atoms with Gasteiger partial charge in [0.25, 0.3) is 5.91 Å². The zero-order chi connectivity index (χ0) is 16.1. The second kappa shape index (κ2) is 7.38. The van der Waals surface area contributed by atoms with Gasteiger partial charge in [0.2, 0.25) is 5.91 Å². The Bertz CT molecular complexity index is 530. The lowest BCUT2D eigenvalue weighted by Crippen LogP contribution is -2.52. The van der Waals surface area contributed by atoms with Crippen molar-refractivity contribution in [1.29, 1.82) is 0 Å². The molecule has 4 N–H and O–H groups in total. The van der Waals surface area contributed by atoms with Crippen LogP contribution in [0.5, 0.6) is 0 Å². The first-order chi connectivity index (χ1) is 10.5. The van der Waals surface area contributed by atoms with Gasteiger partial charge in [0.15, 0.2) is 0 Å². The summed E-state index contributed by atoms with van der Waals surface area (Å²) in [6.07, 6.45) is 2.12. The molecule has 3 unspecified atom stereocenters. The van der Waals surface area contributed by atoms with Crippen molar-refractivity contribution in [1.82, 2.24) is 16.1 Å². The van der Waals surface area contributed by atoms with E-state index in [4.69, 9.17) is 5.21 Å². The molecular weight excluding hydrogens is 282 g/mol. The van der Waals surface area contributed by atoms with E-state index in [0.717, 1.165) is 12.0 Å². The number of hydrogen-bond acceptors (Lipinski definition) is 4. The maximum Gasteiger partial charge on any atom is 0.251 e. The van der Waals surface area contributed by atoms with E-state index in [9.17, 15) is 9.59 Å². The fourth-order valence-electron chi connectivity index (χ4n) is 2.95. The molecule has 0 radical (unpaired) electrons. The largest absolute Gasteiger partial charge is 0.348 e. The van der Waals surface area contributed by atoms with E-state index in [1.54, 1.807) is 17.6 Å². The Hall–Kier alpha value is -1.92. The van der Waals surface area contributed by atoms with Crippen LogP contribution in [0.4, 0.5) is 0 Å². The minimum atomic E-state index is -0.441. The molecule has 0 aromatic heterocycles. The van der Waals surface area contributed by atoms with E-state index in [-0.39, 0.29) is 18.0 Å². The van der Waals surface area contributed by atoms with E-state index in [1.165, 1.54) is 0 Å². The third-order valence-electron chi connectivity index (χ3n) is 4.34. The lowest BCUT2D eigenvalue weighted by atomic mass is 9.81. The molecule has 1 aliphatic rings. The summed E-state index contributed by atoms with van der Waals surface area (Å²) in [6, 6.07) is 7.25. The van der Waals surface area contributed by atoms with Gasteiger partial charge in [-0.25, -0.2) is 5.48 Å². The first-order valence-electron chi connectivity index (χ1n) is 7.54. The minimum Gasteiger partial charge on any atom is -0.348 e. The number of aryl methyl sites for hydroxylation is 1. The van der Waals surface area contributed by atoms with E-state index < -0.39 is 11.8 Å². The zero-order valence-corrected chi connectivity index (χ0v) is 12.9. The van der Waals surface area contributed by atoms with Crippen molar-refractivity contribution in [2.24, 2.45) is 5.92 Å². The maximum absolute atomic E-state index is 12.3. The van der Waals surface area contributed by atoms with Crippen LogP contribution in [0, 0.1) is 12.8 Å². The monoisotopic (exact) mass is 305 g/mol. The molecule has 2 rings (SSSR count). The Morgan fingerprint density at radius 1 is 1.18 bits per heavy atom. The fraction of sp³-hybridized carbons (Fsp3) is 0.500. The lowest BCUT2D eigenvalue weighted by molar-refractivity contribution is -0.135. The third kappa shape index (κ3) is 3.84. The van der Waals surface area contributed by atoms with E-state index in [2.05, 4.69) is 10.6 Å². The molecule has 6 heteroatoms. The van der Waals surface area contributed by atoms with Gasteiger partial charge in [-0.2, -0.15) is 0 Å². The normalized spacial score (nSPS) is 24.6. The number of hydroxylamine groups is 1. The number of amides is 2. The van der Waals surface area contributed by atoms with Crippen LogP contribution >= 0.6 is 0 Å². The predicted molar refractivity (Wildman–Crippen MR) is 82.6 cm³/mol. The molecule has 1 fully saturated rings. The molecule has 1 aliphatic carbocycles. The molecule has 0 heterocycles. The molecular formula is C16H23N3O3. The highest BCUT2D eigenvalue weighted by molar-refractivity contribution is 5.94. The molecule has 0 bridgehead atoms. The summed E-state index contributed by atoms with van der Waals surface area (Å²) in [6.45, 7) is 1.96. The number of nitrogens with one attached hydrogen (secondary N) is 3. The van der Waals surface area contributed by atoms with Gasteiger partial charge in [-0.3, -0.25) is 14.8 Å². The second-order valence-corrected chi connectivity index (χ2v) is 5.83. The molecule has 0 aliphatic heterocycles. The summed E-state index contributed by atoms with van der Waals surface area (Å²) < 4.78 is 0. The van der Waals surface area contributed by atoms with Crippen molar-refractivity contribution in [2.75, 3.05) is 7.05 Å². The van der Waals surface area contributed by atoms with E-state index in [0.29, 0.717) is 18.4 Å². The SMILES string of the molecule is CNC1CCC(C(=O)NO)C(NC(=O)c2ccc(C)cc2)C1. The molecule has 0 spiro atoms. The van der Waals surface area contributed by atoms with Crippen LogP contribution in [-0.2, 0) is 4.79 Å². The summed E-state index contributed by atoms with van der Waals surface area (Å²) >= 11 is 0. The smallest absolute Gasteiger partial charge is 0.251 e. The first-order valence-corrected chi connectivity index (χ1v) is 7.54. The molecule has 0 saturated heterocycles. The average molecular weight is 305 g/mol. The number of rotatable bonds is 4. The first kappa shape index (κ1) is 16.5. The Labute approximate surface area is 130 Å². The number of hydrogen-bond donors (Lipinski definition) is 4. The topological polar surface area (TPSA) is 90.5 Å². The van der Waals surface area contributed by atoms with Gasteiger partial charge in [-0.1, -0.05) is 17.7 Å². The molecule has 1 aromatic rings. The van der Waals surface area contributed by atoms with Crippen LogP contribution in [0.2, 0.25) is 0 Å². The maximum atomic E-state index is 12.3. The number of carbonyl (C=O) groups is 2. The highest BCUT2D eigenvalue weighted by Gasteiger charge is 2.35. The van der Waals surface area contributed by atoms with E-state index in [1.807, 2.05) is 26.1 Å². The molecule has 1 aromatic carbocycles. The molecule has 120 valence electrons. The summed E-state index contributed by atoms with van der Waals surface area (Å²) in [5, 5.41) is 15.0. The third-order valence-corrected chi connectivity index (χ3v) is 4.34. The van der Waals surface area contributed by atoms with Gasteiger partial charge in [0.05, 0.1) is 5.92 Å². The summed E-state index contributed by atoms with van der Waals surface area (Å²) in [5.41, 5.74) is 3.36. The van der Waals surface area contributed by atoms with Gasteiger partial charge in [0, 0.05) is 17.6 Å². The van der Waals surface area contributed by atoms with Crippen LogP contribution < -0.4 is 16.1 Å². The standard InChI is InChI=1S/C16H23N3O3/c1-10-3-5-11(6-4-10)15(20)18-14-9-12(17-2)7-8-13(14)16(21)19-22/h3-6,12-14,17,22H,7-9H2,1-2H3,(H,18,20)(H,19,21). The minimum absolute atomic E-state index is 0.197. The van der Waals surface area contributed by atoms with Crippen molar-refractivity contribution in [3.8, 4) is 0 Å². The quantitative estimate of drug-likeness (QED) is 0.493. The van der Waals surface area contributed by atoms with Crippen molar-refractivity contribution in [2.45, 2.75) is 38.3 Å². The van der Waals surface area contributed by atoms with Crippen molar-refractivity contribution in [3.05, 3.63) is 35.4 Å². The van der Waals surface area contributed by atoms with Crippen LogP contribution in [-0.4, -0.2) is 36.2 Å². The molecule has 6 nitrogen and oxygen atoms in total. The highest BCUT2D eigenvalue weighted by atomic mass is 16.5. The molecule has 3 atom stereocenters. The van der Waals surface area contributed by atoms with Gasteiger partial charge in [-0.15, -0.1) is 0 Å². The van der Waals surface area contributed by atoms with Crippen LogP contribution in [0.15, 0.2) is 24.3 Å².